The van der Waals surface area contributed by atoms with Gasteiger partial charge in [-0.15, -0.1) is 11.3 Å². The lowest BCUT2D eigenvalue weighted by atomic mass is 9.81. The molecule has 1 amide bonds. The molecular formula is C18H22N2O3S. The van der Waals surface area contributed by atoms with Crippen LogP contribution >= 0.6 is 11.3 Å². The smallest absolute Gasteiger partial charge is 0.257 e. The van der Waals surface area contributed by atoms with Crippen molar-refractivity contribution < 1.29 is 13.9 Å². The van der Waals surface area contributed by atoms with Gasteiger partial charge in [-0.1, -0.05) is 6.42 Å². The molecule has 0 aromatic carbocycles. The van der Waals surface area contributed by atoms with E-state index >= 15 is 0 Å². The number of ether oxygens (including phenoxy) is 1. The van der Waals surface area contributed by atoms with Gasteiger partial charge in [0.05, 0.1) is 35.7 Å². The minimum absolute atomic E-state index is 0.0765. The first-order valence-corrected chi connectivity index (χ1v) is 9.34. The molecule has 0 bridgehead atoms. The SMILES string of the molecule is Cc1nc(COC[C@@]23CCC[C@@H]2CN(C(=O)c2ccoc2)C3)cs1. The van der Waals surface area contributed by atoms with Crippen molar-refractivity contribution in [3.05, 3.63) is 40.2 Å². The molecule has 1 aliphatic heterocycles. The second kappa shape index (κ2) is 6.33. The normalized spacial score (nSPS) is 26.0. The van der Waals surface area contributed by atoms with Crippen LogP contribution in [0.5, 0.6) is 0 Å². The Hall–Kier alpha value is -1.66. The van der Waals surface area contributed by atoms with Gasteiger partial charge in [0.15, 0.2) is 0 Å². The van der Waals surface area contributed by atoms with Crippen molar-refractivity contribution in [2.24, 2.45) is 11.3 Å². The highest BCUT2D eigenvalue weighted by atomic mass is 32.1. The predicted molar refractivity (Wildman–Crippen MR) is 90.9 cm³/mol. The zero-order valence-electron chi connectivity index (χ0n) is 13.9. The van der Waals surface area contributed by atoms with Crippen molar-refractivity contribution in [2.45, 2.75) is 32.8 Å². The molecule has 128 valence electrons. The molecule has 2 atom stereocenters. The lowest BCUT2D eigenvalue weighted by molar-refractivity contribution is 0.0254. The Morgan fingerprint density at radius 2 is 2.50 bits per heavy atom. The lowest BCUT2D eigenvalue weighted by Crippen LogP contribution is -2.34. The average molecular weight is 346 g/mol. The summed E-state index contributed by atoms with van der Waals surface area (Å²) < 4.78 is 11.1. The third-order valence-electron chi connectivity index (χ3n) is 5.40. The highest BCUT2D eigenvalue weighted by Gasteiger charge is 2.50. The number of aromatic nitrogens is 1. The van der Waals surface area contributed by atoms with Crippen molar-refractivity contribution in [2.75, 3.05) is 19.7 Å². The summed E-state index contributed by atoms with van der Waals surface area (Å²) in [4.78, 5) is 19.0. The molecule has 1 aliphatic carbocycles. The summed E-state index contributed by atoms with van der Waals surface area (Å²) in [5, 5.41) is 3.13. The minimum Gasteiger partial charge on any atom is -0.472 e. The van der Waals surface area contributed by atoms with E-state index < -0.39 is 0 Å². The molecule has 2 aliphatic rings. The van der Waals surface area contributed by atoms with Crippen molar-refractivity contribution in [3.8, 4) is 0 Å². The van der Waals surface area contributed by atoms with E-state index in [1.807, 2.05) is 11.8 Å². The van der Waals surface area contributed by atoms with E-state index in [4.69, 9.17) is 9.15 Å². The second-order valence-corrected chi connectivity index (χ2v) is 8.06. The first-order valence-electron chi connectivity index (χ1n) is 8.46. The fourth-order valence-electron chi connectivity index (χ4n) is 4.21. The van der Waals surface area contributed by atoms with Crippen molar-refractivity contribution in [1.82, 2.24) is 9.88 Å². The number of thiazole rings is 1. The molecule has 0 N–H and O–H groups in total. The Balaban J connectivity index is 1.40. The Morgan fingerprint density at radius 3 is 3.25 bits per heavy atom. The van der Waals surface area contributed by atoms with Gasteiger partial charge in [-0.3, -0.25) is 4.79 Å². The molecule has 3 heterocycles. The summed E-state index contributed by atoms with van der Waals surface area (Å²) in [5.74, 6) is 0.623. The van der Waals surface area contributed by atoms with E-state index in [1.165, 1.54) is 19.1 Å². The fourth-order valence-corrected chi connectivity index (χ4v) is 4.80. The molecule has 5 nitrogen and oxygen atoms in total. The molecule has 4 rings (SSSR count). The van der Waals surface area contributed by atoms with Crippen LogP contribution in [0.2, 0.25) is 0 Å². The van der Waals surface area contributed by atoms with E-state index in [2.05, 4.69) is 10.4 Å². The molecule has 2 aromatic rings. The van der Waals surface area contributed by atoms with Crippen LogP contribution in [0, 0.1) is 18.3 Å². The number of fused-ring (bicyclic) bond motifs is 1. The van der Waals surface area contributed by atoms with Crippen LogP contribution < -0.4 is 0 Å². The Labute approximate surface area is 145 Å². The summed E-state index contributed by atoms with van der Waals surface area (Å²) >= 11 is 1.65. The summed E-state index contributed by atoms with van der Waals surface area (Å²) in [7, 11) is 0. The first kappa shape index (κ1) is 15.8. The maximum absolute atomic E-state index is 12.6. The highest BCUT2D eigenvalue weighted by molar-refractivity contribution is 7.09. The lowest BCUT2D eigenvalue weighted by Gasteiger charge is -2.28. The summed E-state index contributed by atoms with van der Waals surface area (Å²) in [6.07, 6.45) is 6.65. The number of likely N-dealkylation sites (tertiary alicyclic amines) is 1. The minimum atomic E-state index is 0.0765. The number of rotatable bonds is 5. The van der Waals surface area contributed by atoms with Crippen LogP contribution in [-0.2, 0) is 11.3 Å². The maximum Gasteiger partial charge on any atom is 0.257 e. The van der Waals surface area contributed by atoms with Gasteiger partial charge >= 0.3 is 0 Å². The highest BCUT2D eigenvalue weighted by Crippen LogP contribution is 2.49. The Kier molecular flexibility index (Phi) is 4.18. The van der Waals surface area contributed by atoms with Gasteiger partial charge < -0.3 is 14.1 Å². The number of amides is 1. The topological polar surface area (TPSA) is 55.6 Å². The number of hydrogen-bond donors (Lipinski definition) is 0. The van der Waals surface area contributed by atoms with Gasteiger partial charge in [0, 0.05) is 23.9 Å². The van der Waals surface area contributed by atoms with E-state index in [1.54, 1.807) is 23.7 Å². The number of furan rings is 1. The van der Waals surface area contributed by atoms with Crippen molar-refractivity contribution in [1.29, 1.82) is 0 Å². The third-order valence-corrected chi connectivity index (χ3v) is 6.22. The van der Waals surface area contributed by atoms with Crippen LogP contribution in [0.25, 0.3) is 0 Å². The number of hydrogen-bond acceptors (Lipinski definition) is 5. The predicted octanol–water partition coefficient (Wildman–Crippen LogP) is 3.50. The van der Waals surface area contributed by atoms with Gasteiger partial charge in [0.1, 0.15) is 6.26 Å². The fraction of sp³-hybridized carbons (Fsp3) is 0.556. The van der Waals surface area contributed by atoms with Gasteiger partial charge in [-0.05, 0) is 31.7 Å². The van der Waals surface area contributed by atoms with E-state index in [0.717, 1.165) is 30.2 Å². The van der Waals surface area contributed by atoms with Crippen LogP contribution in [-0.4, -0.2) is 35.5 Å². The van der Waals surface area contributed by atoms with Gasteiger partial charge in [0.25, 0.3) is 5.91 Å². The van der Waals surface area contributed by atoms with Crippen LogP contribution in [0.15, 0.2) is 28.4 Å². The summed E-state index contributed by atoms with van der Waals surface area (Å²) in [5.41, 5.74) is 1.77. The maximum atomic E-state index is 12.6. The summed E-state index contributed by atoms with van der Waals surface area (Å²) in [6, 6.07) is 1.74. The Bertz CT molecular complexity index is 712. The van der Waals surface area contributed by atoms with Crippen LogP contribution in [0.3, 0.4) is 0 Å². The van der Waals surface area contributed by atoms with E-state index in [0.29, 0.717) is 24.7 Å². The molecular weight excluding hydrogens is 324 g/mol. The number of aryl methyl sites for hydroxylation is 1. The Morgan fingerprint density at radius 1 is 1.58 bits per heavy atom. The van der Waals surface area contributed by atoms with Crippen molar-refractivity contribution >= 4 is 17.2 Å². The van der Waals surface area contributed by atoms with Gasteiger partial charge in [-0.25, -0.2) is 4.98 Å². The zero-order valence-corrected chi connectivity index (χ0v) is 14.7. The molecule has 24 heavy (non-hydrogen) atoms. The zero-order chi connectivity index (χ0) is 16.6. The monoisotopic (exact) mass is 346 g/mol. The quantitative estimate of drug-likeness (QED) is 0.831. The van der Waals surface area contributed by atoms with Crippen LogP contribution in [0.1, 0.15) is 40.3 Å². The average Bonchev–Trinajstić information content (AvgIpc) is 3.29. The first-order chi connectivity index (χ1) is 11.7. The van der Waals surface area contributed by atoms with E-state index in [-0.39, 0.29) is 11.3 Å². The van der Waals surface area contributed by atoms with E-state index in [9.17, 15) is 4.79 Å². The molecule has 2 fully saturated rings. The third kappa shape index (κ3) is 2.89. The van der Waals surface area contributed by atoms with Crippen molar-refractivity contribution in [3.63, 3.8) is 0 Å². The molecule has 0 unspecified atom stereocenters. The van der Waals surface area contributed by atoms with Crippen LogP contribution in [0.4, 0.5) is 0 Å². The molecule has 0 radical (unpaired) electrons. The molecule has 2 aromatic heterocycles. The number of nitrogens with zero attached hydrogens (tertiary/aromatic N) is 2. The molecule has 1 saturated heterocycles. The second-order valence-electron chi connectivity index (χ2n) is 7.00. The summed E-state index contributed by atoms with van der Waals surface area (Å²) in [6.45, 7) is 4.91. The molecule has 0 spiro atoms. The molecule has 6 heteroatoms. The van der Waals surface area contributed by atoms with Gasteiger partial charge in [0.2, 0.25) is 0 Å². The number of carbonyl (C=O) groups is 1. The molecule has 1 saturated carbocycles. The van der Waals surface area contributed by atoms with Gasteiger partial charge in [-0.2, -0.15) is 0 Å². The standard InChI is InChI=1S/C18H22N2O3S/c1-13-19-16(10-24-13)9-23-12-18-5-2-3-15(18)7-20(11-18)17(21)14-4-6-22-8-14/h4,6,8,10,15H,2-3,5,7,9,11-12H2,1H3/t15-,18+/m1/s1. The number of carbonyl (C=O) groups excluding carboxylic acids is 1. The largest absolute Gasteiger partial charge is 0.472 e.